The van der Waals surface area contributed by atoms with Gasteiger partial charge in [0.25, 0.3) is 0 Å². The van der Waals surface area contributed by atoms with Crippen molar-refractivity contribution < 1.29 is 13.5 Å². The summed E-state index contributed by atoms with van der Waals surface area (Å²) in [5.41, 5.74) is 1.06. The van der Waals surface area contributed by atoms with Crippen LogP contribution in [0.3, 0.4) is 0 Å². The van der Waals surface area contributed by atoms with Gasteiger partial charge in [0, 0.05) is 0 Å². The molecule has 0 heterocycles. The molecular weight excluding hydrogens is 457 g/mol. The van der Waals surface area contributed by atoms with E-state index in [1.165, 1.54) is 25.7 Å². The summed E-state index contributed by atoms with van der Waals surface area (Å²) >= 11 is 2.26. The Morgan fingerprint density at radius 3 is 2.11 bits per heavy atom. The van der Waals surface area contributed by atoms with Crippen molar-refractivity contribution in [3.8, 4) is 0 Å². The van der Waals surface area contributed by atoms with Crippen molar-refractivity contribution in [1.82, 2.24) is 0 Å². The number of hydrogen-bond acceptors (Lipinski definition) is 1. The molecule has 0 aromatic carbocycles. The first-order valence-corrected chi connectivity index (χ1v) is 11.6. The summed E-state index contributed by atoms with van der Waals surface area (Å²) in [5.74, 6) is 1.87. The monoisotopic (exact) mass is 490 g/mol. The molecule has 0 amide bonds. The minimum atomic E-state index is -3.09. The van der Waals surface area contributed by atoms with Crippen molar-refractivity contribution in [1.29, 1.82) is 0 Å². The van der Waals surface area contributed by atoms with E-state index in [-0.39, 0.29) is 9.18 Å². The molecular formula is C23H33F2IO. The minimum Gasteiger partial charge on any atom is -0.433 e. The molecule has 3 rings (SSSR count). The van der Waals surface area contributed by atoms with Crippen molar-refractivity contribution in [3.05, 3.63) is 35.6 Å². The van der Waals surface area contributed by atoms with E-state index in [0.29, 0.717) is 18.8 Å². The summed E-state index contributed by atoms with van der Waals surface area (Å²) in [4.78, 5) is 0. The lowest BCUT2D eigenvalue weighted by molar-refractivity contribution is -0.254. The second-order valence-corrected chi connectivity index (χ2v) is 11.5. The number of hydrogen-bond donors (Lipinski definition) is 0. The summed E-state index contributed by atoms with van der Waals surface area (Å²) in [5, 5.41) is 0. The van der Waals surface area contributed by atoms with Gasteiger partial charge in [-0.3, -0.25) is 0 Å². The molecule has 3 aliphatic carbocycles. The van der Waals surface area contributed by atoms with Crippen LogP contribution in [0.25, 0.3) is 0 Å². The SMILES string of the molecule is CC1=CC(C)(I)C=C(OC(F)(F)C2CCC(C3CCC(C)CC3)CC2)C=C1. The third-order valence-corrected chi connectivity index (χ3v) is 7.30. The molecule has 0 spiro atoms. The van der Waals surface area contributed by atoms with Gasteiger partial charge in [-0.15, -0.1) is 0 Å². The topological polar surface area (TPSA) is 9.23 Å². The van der Waals surface area contributed by atoms with Crippen molar-refractivity contribution in [3.63, 3.8) is 0 Å². The first-order chi connectivity index (χ1) is 12.6. The van der Waals surface area contributed by atoms with E-state index in [4.69, 9.17) is 4.74 Å². The van der Waals surface area contributed by atoms with E-state index < -0.39 is 12.0 Å². The highest BCUT2D eigenvalue weighted by Crippen LogP contribution is 2.46. The standard InChI is InChI=1S/C23H33F2IO/c1-16-4-7-18(8-5-16)19-9-11-20(12-10-19)23(24,25)27-21-13-6-17(2)14-22(3,26)15-21/h6,13-16,18-20H,4-5,7-12H2,1-3H3. The average Bonchev–Trinajstić information content (AvgIpc) is 2.72. The zero-order valence-electron chi connectivity index (χ0n) is 16.8. The molecule has 0 aromatic rings. The Bertz CT molecular complexity index is 604. The molecule has 152 valence electrons. The Hall–Kier alpha value is -0.390. The number of halogens is 3. The lowest BCUT2D eigenvalue weighted by Crippen LogP contribution is -2.36. The molecule has 0 radical (unpaired) electrons. The van der Waals surface area contributed by atoms with Gasteiger partial charge in [0.15, 0.2) is 0 Å². The van der Waals surface area contributed by atoms with Crippen LogP contribution in [0.5, 0.6) is 0 Å². The van der Waals surface area contributed by atoms with Crippen LogP contribution >= 0.6 is 22.6 Å². The predicted octanol–water partition coefficient (Wildman–Crippen LogP) is 7.82. The fourth-order valence-electron chi connectivity index (χ4n) is 5.06. The molecule has 0 N–H and O–H groups in total. The lowest BCUT2D eigenvalue weighted by Gasteiger charge is -2.39. The maximum atomic E-state index is 14.9. The quantitative estimate of drug-likeness (QED) is 0.288. The summed E-state index contributed by atoms with van der Waals surface area (Å²) in [6.45, 7) is 6.32. The van der Waals surface area contributed by atoms with Crippen LogP contribution in [0.1, 0.15) is 72.1 Å². The molecule has 1 unspecified atom stereocenters. The average molecular weight is 490 g/mol. The second kappa shape index (κ2) is 8.54. The number of rotatable bonds is 4. The first-order valence-electron chi connectivity index (χ1n) is 10.5. The van der Waals surface area contributed by atoms with Gasteiger partial charge in [-0.1, -0.05) is 60.1 Å². The number of ether oxygens (including phenoxy) is 1. The number of alkyl halides is 3. The van der Waals surface area contributed by atoms with Crippen LogP contribution in [-0.4, -0.2) is 9.53 Å². The van der Waals surface area contributed by atoms with Gasteiger partial charge < -0.3 is 4.74 Å². The molecule has 3 aliphatic rings. The van der Waals surface area contributed by atoms with Gasteiger partial charge in [0.2, 0.25) is 0 Å². The molecule has 2 fully saturated rings. The molecule has 0 aliphatic heterocycles. The van der Waals surface area contributed by atoms with E-state index >= 15 is 0 Å². The van der Waals surface area contributed by atoms with Crippen molar-refractivity contribution in [2.75, 3.05) is 0 Å². The Kier molecular flexibility index (Phi) is 6.75. The molecule has 0 bridgehead atoms. The molecule has 1 nitrogen and oxygen atoms in total. The van der Waals surface area contributed by atoms with Crippen molar-refractivity contribution >= 4 is 22.6 Å². The van der Waals surface area contributed by atoms with E-state index in [0.717, 1.165) is 30.3 Å². The van der Waals surface area contributed by atoms with Gasteiger partial charge in [-0.25, -0.2) is 0 Å². The van der Waals surface area contributed by atoms with Crippen molar-refractivity contribution in [2.24, 2.45) is 23.7 Å². The normalized spacial score (nSPS) is 38.0. The van der Waals surface area contributed by atoms with Crippen molar-refractivity contribution in [2.45, 2.75) is 81.7 Å². The Balaban J connectivity index is 1.57. The summed E-state index contributed by atoms with van der Waals surface area (Å²) < 4.78 is 34.7. The molecule has 0 aromatic heterocycles. The van der Waals surface area contributed by atoms with Gasteiger partial charge in [-0.2, -0.15) is 8.78 Å². The van der Waals surface area contributed by atoms with E-state index in [1.807, 2.05) is 19.9 Å². The van der Waals surface area contributed by atoms with E-state index in [9.17, 15) is 8.78 Å². The maximum absolute atomic E-state index is 14.9. The van der Waals surface area contributed by atoms with Crippen LogP contribution in [0.2, 0.25) is 0 Å². The molecule has 27 heavy (non-hydrogen) atoms. The van der Waals surface area contributed by atoms with Gasteiger partial charge in [0.05, 0.1) is 9.34 Å². The lowest BCUT2D eigenvalue weighted by atomic mass is 9.69. The minimum absolute atomic E-state index is 0.286. The fourth-order valence-corrected chi connectivity index (χ4v) is 5.86. The molecule has 2 saturated carbocycles. The zero-order valence-corrected chi connectivity index (χ0v) is 19.0. The van der Waals surface area contributed by atoms with Crippen LogP contribution < -0.4 is 0 Å². The van der Waals surface area contributed by atoms with Crippen LogP contribution in [0, 0.1) is 23.7 Å². The third-order valence-electron chi connectivity index (χ3n) is 6.67. The smallest absolute Gasteiger partial charge is 0.400 e. The fraction of sp³-hybridized carbons (Fsp3) is 0.739. The Morgan fingerprint density at radius 2 is 1.52 bits per heavy atom. The second-order valence-electron chi connectivity index (χ2n) is 9.22. The highest BCUT2D eigenvalue weighted by atomic mass is 127. The molecule has 4 heteroatoms. The van der Waals surface area contributed by atoms with Gasteiger partial charge in [0.1, 0.15) is 5.76 Å². The highest BCUT2D eigenvalue weighted by molar-refractivity contribution is 14.1. The molecule has 0 saturated heterocycles. The van der Waals surface area contributed by atoms with Gasteiger partial charge >= 0.3 is 6.11 Å². The Labute approximate surface area is 176 Å². The first kappa shape index (κ1) is 21.3. The Morgan fingerprint density at radius 1 is 0.963 bits per heavy atom. The maximum Gasteiger partial charge on any atom is 0.400 e. The highest BCUT2D eigenvalue weighted by Gasteiger charge is 2.45. The van der Waals surface area contributed by atoms with E-state index in [1.54, 1.807) is 12.2 Å². The summed E-state index contributed by atoms with van der Waals surface area (Å²) in [6.07, 6.45) is 12.5. The largest absolute Gasteiger partial charge is 0.433 e. The van der Waals surface area contributed by atoms with Crippen LogP contribution in [0.15, 0.2) is 35.6 Å². The van der Waals surface area contributed by atoms with Gasteiger partial charge in [-0.05, 0) is 82.3 Å². The zero-order chi connectivity index (χ0) is 19.7. The van der Waals surface area contributed by atoms with Crippen LogP contribution in [-0.2, 0) is 4.74 Å². The number of allylic oxidation sites excluding steroid dienone is 5. The summed E-state index contributed by atoms with van der Waals surface area (Å²) in [7, 11) is 0. The summed E-state index contributed by atoms with van der Waals surface area (Å²) in [6, 6.07) is 0. The van der Waals surface area contributed by atoms with E-state index in [2.05, 4.69) is 35.6 Å². The third kappa shape index (κ3) is 5.80. The van der Waals surface area contributed by atoms with Crippen LogP contribution in [0.4, 0.5) is 8.78 Å². The predicted molar refractivity (Wildman–Crippen MR) is 116 cm³/mol. The molecule has 1 atom stereocenters.